The predicted octanol–water partition coefficient (Wildman–Crippen LogP) is 2.21. The number of fused-ring (bicyclic) bond motifs is 1. The summed E-state index contributed by atoms with van der Waals surface area (Å²) in [6.45, 7) is 0. The molecule has 0 bridgehead atoms. The maximum Gasteiger partial charge on any atom is 0.200 e. The molecule has 1 aliphatic heterocycles. The van der Waals surface area contributed by atoms with E-state index in [1.807, 2.05) is 6.07 Å². The van der Waals surface area contributed by atoms with E-state index in [2.05, 4.69) is 15.9 Å². The summed E-state index contributed by atoms with van der Waals surface area (Å²) in [6, 6.07) is 5.15. The molecule has 0 saturated heterocycles. The van der Waals surface area contributed by atoms with Gasteiger partial charge >= 0.3 is 0 Å². The second-order valence-corrected chi connectivity index (χ2v) is 5.16. The molecule has 1 aromatic rings. The number of hydrogen-bond donors (Lipinski definition) is 0. The van der Waals surface area contributed by atoms with Gasteiger partial charge in [-0.2, -0.15) is 0 Å². The van der Waals surface area contributed by atoms with E-state index in [0.717, 1.165) is 10.0 Å². The van der Waals surface area contributed by atoms with Crippen molar-refractivity contribution in [3.8, 4) is 0 Å². The van der Waals surface area contributed by atoms with Gasteiger partial charge in [0.2, 0.25) is 0 Å². The quantitative estimate of drug-likeness (QED) is 0.702. The number of sulfone groups is 1. The molecule has 0 spiro atoms. The van der Waals surface area contributed by atoms with Gasteiger partial charge in [0.1, 0.15) is 0 Å². The van der Waals surface area contributed by atoms with Gasteiger partial charge in [-0.3, -0.25) is 0 Å². The number of halogens is 1. The molecule has 0 amide bonds. The van der Waals surface area contributed by atoms with Crippen LogP contribution in [-0.4, -0.2) is 8.42 Å². The van der Waals surface area contributed by atoms with E-state index >= 15 is 0 Å². The summed E-state index contributed by atoms with van der Waals surface area (Å²) in [5, 5.41) is 1.22. The lowest BCUT2D eigenvalue weighted by molar-refractivity contribution is 0.605. The van der Waals surface area contributed by atoms with Crippen LogP contribution >= 0.6 is 15.9 Å². The van der Waals surface area contributed by atoms with Crippen LogP contribution in [0.5, 0.6) is 0 Å². The van der Waals surface area contributed by atoms with Gasteiger partial charge in [-0.25, -0.2) is 8.42 Å². The van der Waals surface area contributed by atoms with Crippen LogP contribution in [0.4, 0.5) is 0 Å². The Labute approximate surface area is 79.0 Å². The summed E-state index contributed by atoms with van der Waals surface area (Å²) in [5.74, 6) is 0. The summed E-state index contributed by atoms with van der Waals surface area (Å²) in [4.78, 5) is 0.386. The lowest BCUT2D eigenvalue weighted by atomic mass is 10.2. The van der Waals surface area contributed by atoms with Crippen LogP contribution in [0.2, 0.25) is 0 Å². The molecule has 1 aromatic carbocycles. The molecule has 0 unspecified atom stereocenters. The molecule has 0 radical (unpaired) electrons. The van der Waals surface area contributed by atoms with Crippen LogP contribution in [0.25, 0.3) is 6.08 Å². The maximum atomic E-state index is 11.3. The Hall–Kier alpha value is -0.610. The molecule has 1 aliphatic rings. The first-order chi connectivity index (χ1) is 5.61. The van der Waals surface area contributed by atoms with Crippen molar-refractivity contribution in [3.63, 3.8) is 0 Å². The molecule has 0 aliphatic carbocycles. The van der Waals surface area contributed by atoms with Crippen LogP contribution in [0, 0.1) is 0 Å². The van der Waals surface area contributed by atoms with E-state index in [1.165, 1.54) is 5.41 Å². The van der Waals surface area contributed by atoms with Crippen molar-refractivity contribution in [2.45, 2.75) is 4.90 Å². The Kier molecular flexibility index (Phi) is 1.63. The summed E-state index contributed by atoms with van der Waals surface area (Å²) in [6.07, 6.45) is 1.61. The Morgan fingerprint density at radius 1 is 1.25 bits per heavy atom. The molecule has 62 valence electrons. The van der Waals surface area contributed by atoms with Crippen LogP contribution in [-0.2, 0) is 9.84 Å². The standard InChI is InChI=1S/C8H5BrO2S/c9-7-2-1-3-8-6(7)4-5-12(8,10)11/h1-5H. The second-order valence-electron chi connectivity index (χ2n) is 2.50. The largest absolute Gasteiger partial charge is 0.219 e. The molecule has 1 heterocycles. The first-order valence-electron chi connectivity index (χ1n) is 3.33. The molecule has 0 fully saturated rings. The summed E-state index contributed by atoms with van der Waals surface area (Å²) < 4.78 is 23.4. The molecular formula is C8H5BrO2S. The van der Waals surface area contributed by atoms with Crippen molar-refractivity contribution in [2.24, 2.45) is 0 Å². The Bertz CT molecular complexity index is 460. The van der Waals surface area contributed by atoms with Crippen LogP contribution in [0.3, 0.4) is 0 Å². The van der Waals surface area contributed by atoms with Crippen molar-refractivity contribution < 1.29 is 8.42 Å². The normalized spacial score (nSPS) is 17.8. The molecule has 0 saturated carbocycles. The van der Waals surface area contributed by atoms with E-state index in [1.54, 1.807) is 18.2 Å². The first kappa shape index (κ1) is 8.01. The topological polar surface area (TPSA) is 34.1 Å². The van der Waals surface area contributed by atoms with E-state index in [-0.39, 0.29) is 0 Å². The van der Waals surface area contributed by atoms with Gasteiger partial charge in [0, 0.05) is 15.4 Å². The molecule has 0 N–H and O–H groups in total. The van der Waals surface area contributed by atoms with Crippen molar-refractivity contribution >= 4 is 31.8 Å². The van der Waals surface area contributed by atoms with E-state index in [9.17, 15) is 8.42 Å². The fraction of sp³-hybridized carbons (Fsp3) is 0. The van der Waals surface area contributed by atoms with Gasteiger partial charge < -0.3 is 0 Å². The Balaban J connectivity index is 2.86. The molecule has 4 heteroatoms. The van der Waals surface area contributed by atoms with Crippen LogP contribution in [0.1, 0.15) is 5.56 Å². The molecular weight excluding hydrogens is 240 g/mol. The molecule has 2 nitrogen and oxygen atoms in total. The molecule has 2 rings (SSSR count). The van der Waals surface area contributed by atoms with E-state index < -0.39 is 9.84 Å². The van der Waals surface area contributed by atoms with Gasteiger partial charge in [0.05, 0.1) is 4.90 Å². The second kappa shape index (κ2) is 2.44. The molecule has 0 aromatic heterocycles. The van der Waals surface area contributed by atoms with Crippen molar-refractivity contribution in [1.29, 1.82) is 0 Å². The van der Waals surface area contributed by atoms with E-state index in [4.69, 9.17) is 0 Å². The van der Waals surface area contributed by atoms with Crippen molar-refractivity contribution in [3.05, 3.63) is 33.6 Å². The van der Waals surface area contributed by atoms with Gasteiger partial charge in [-0.1, -0.05) is 22.0 Å². The fourth-order valence-corrected chi connectivity index (χ4v) is 3.00. The molecule has 0 atom stereocenters. The number of rotatable bonds is 0. The van der Waals surface area contributed by atoms with Gasteiger partial charge in [-0.15, -0.1) is 0 Å². The minimum Gasteiger partial charge on any atom is -0.219 e. The Morgan fingerprint density at radius 2 is 2.00 bits per heavy atom. The first-order valence-corrected chi connectivity index (χ1v) is 5.67. The van der Waals surface area contributed by atoms with Gasteiger partial charge in [0.25, 0.3) is 0 Å². The lowest BCUT2D eigenvalue weighted by Crippen LogP contribution is -1.92. The Morgan fingerprint density at radius 3 is 2.67 bits per heavy atom. The van der Waals surface area contributed by atoms with Gasteiger partial charge in [0.15, 0.2) is 9.84 Å². The fourth-order valence-electron chi connectivity index (χ4n) is 1.16. The highest BCUT2D eigenvalue weighted by Gasteiger charge is 2.21. The van der Waals surface area contributed by atoms with Crippen molar-refractivity contribution in [2.75, 3.05) is 0 Å². The third-order valence-electron chi connectivity index (χ3n) is 1.73. The van der Waals surface area contributed by atoms with Crippen molar-refractivity contribution in [1.82, 2.24) is 0 Å². The zero-order valence-corrected chi connectivity index (χ0v) is 8.39. The van der Waals surface area contributed by atoms with Gasteiger partial charge in [-0.05, 0) is 18.2 Å². The zero-order chi connectivity index (χ0) is 8.77. The summed E-state index contributed by atoms with van der Waals surface area (Å²) in [5.41, 5.74) is 0.748. The highest BCUT2D eigenvalue weighted by molar-refractivity contribution is 9.10. The zero-order valence-electron chi connectivity index (χ0n) is 5.99. The number of hydrogen-bond acceptors (Lipinski definition) is 2. The van der Waals surface area contributed by atoms with Crippen LogP contribution in [0.15, 0.2) is 33.0 Å². The van der Waals surface area contributed by atoms with Crippen LogP contribution < -0.4 is 0 Å². The maximum absolute atomic E-state index is 11.3. The molecule has 12 heavy (non-hydrogen) atoms. The highest BCUT2D eigenvalue weighted by atomic mass is 79.9. The SMILES string of the molecule is O=S1(=O)C=Cc2c(Br)cccc21. The minimum atomic E-state index is -3.14. The monoisotopic (exact) mass is 244 g/mol. The van der Waals surface area contributed by atoms with E-state index in [0.29, 0.717) is 4.90 Å². The average molecular weight is 245 g/mol. The summed E-state index contributed by atoms with van der Waals surface area (Å²) >= 11 is 3.28. The predicted molar refractivity (Wildman–Crippen MR) is 50.4 cm³/mol. The highest BCUT2D eigenvalue weighted by Crippen LogP contribution is 2.31. The minimum absolute atomic E-state index is 0.386. The average Bonchev–Trinajstić information content (AvgIpc) is 2.30. The smallest absolute Gasteiger partial charge is 0.200 e. The number of benzene rings is 1. The lowest BCUT2D eigenvalue weighted by Gasteiger charge is -1.98. The summed E-state index contributed by atoms with van der Waals surface area (Å²) in [7, 11) is -3.14. The third kappa shape index (κ3) is 1.03. The third-order valence-corrected chi connectivity index (χ3v) is 3.89.